The van der Waals surface area contributed by atoms with Gasteiger partial charge in [0, 0.05) is 18.0 Å². The van der Waals surface area contributed by atoms with Gasteiger partial charge in [-0.05, 0) is 31.7 Å². The number of nitrogens with one attached hydrogen (secondary N) is 1. The number of hydrogen-bond donors (Lipinski definition) is 2. The fourth-order valence-corrected chi connectivity index (χ4v) is 2.68. The molecule has 4 nitrogen and oxygen atoms in total. The lowest BCUT2D eigenvalue weighted by atomic mass is 10.0. The molecule has 1 aliphatic rings. The molecule has 2 N–H and O–H groups in total. The second kappa shape index (κ2) is 6.63. The Balaban J connectivity index is 1.63. The molecule has 1 heterocycles. The third-order valence-electron chi connectivity index (χ3n) is 3.81. The molecule has 5 heteroatoms. The van der Waals surface area contributed by atoms with Crippen molar-refractivity contribution < 1.29 is 5.11 Å². The fourth-order valence-electron chi connectivity index (χ4n) is 2.49. The molecule has 1 aromatic heterocycles. The zero-order valence-electron chi connectivity index (χ0n) is 12.5. The predicted octanol–water partition coefficient (Wildman–Crippen LogP) is 3.93. The molecule has 0 radical (unpaired) electrons. The lowest BCUT2D eigenvalue weighted by molar-refractivity contribution is 0.162. The average Bonchev–Trinajstić information content (AvgIpc) is 3.32. The van der Waals surface area contributed by atoms with Crippen LogP contribution in [-0.4, -0.2) is 21.1 Å². The molecule has 2 aromatic rings. The quantitative estimate of drug-likeness (QED) is 0.792. The van der Waals surface area contributed by atoms with Gasteiger partial charge in [0.05, 0.1) is 6.10 Å². The van der Waals surface area contributed by atoms with E-state index in [0.29, 0.717) is 17.5 Å². The second-order valence-electron chi connectivity index (χ2n) is 5.92. The van der Waals surface area contributed by atoms with Crippen LogP contribution < -0.4 is 5.32 Å². The van der Waals surface area contributed by atoms with Crippen molar-refractivity contribution in [2.45, 2.75) is 44.2 Å². The van der Waals surface area contributed by atoms with Crippen LogP contribution in [0.1, 0.15) is 49.6 Å². The number of aromatic nitrogens is 2. The highest BCUT2D eigenvalue weighted by Gasteiger charge is 2.27. The van der Waals surface area contributed by atoms with E-state index in [0.717, 1.165) is 30.0 Å². The van der Waals surface area contributed by atoms with Crippen molar-refractivity contribution in [3.63, 3.8) is 0 Å². The summed E-state index contributed by atoms with van der Waals surface area (Å²) in [5.41, 5.74) is 0.926. The Hall–Kier alpha value is -1.65. The standard InChI is InChI=1S/C17H20ClN3O/c1-11(9-14(22)12-5-3-2-4-6-12)19-16-10-15(18)20-17(21-16)13-7-8-13/h2-6,10-11,13-14,22H,7-9H2,1H3,(H,19,20,21). The Labute approximate surface area is 135 Å². The van der Waals surface area contributed by atoms with Crippen LogP contribution >= 0.6 is 11.6 Å². The highest BCUT2D eigenvalue weighted by molar-refractivity contribution is 6.29. The Morgan fingerprint density at radius 3 is 2.68 bits per heavy atom. The molecule has 2 atom stereocenters. The summed E-state index contributed by atoms with van der Waals surface area (Å²) in [5.74, 6) is 2.02. The van der Waals surface area contributed by atoms with Crippen LogP contribution in [0.15, 0.2) is 36.4 Å². The molecule has 0 aliphatic heterocycles. The molecule has 0 bridgehead atoms. The Bertz CT molecular complexity index is 631. The summed E-state index contributed by atoms with van der Waals surface area (Å²) < 4.78 is 0. The summed E-state index contributed by atoms with van der Waals surface area (Å²) in [6, 6.07) is 11.5. The van der Waals surface area contributed by atoms with E-state index in [2.05, 4.69) is 15.3 Å². The summed E-state index contributed by atoms with van der Waals surface area (Å²) in [4.78, 5) is 8.80. The van der Waals surface area contributed by atoms with Crippen LogP contribution in [0.2, 0.25) is 5.15 Å². The van der Waals surface area contributed by atoms with Gasteiger partial charge in [-0.15, -0.1) is 0 Å². The monoisotopic (exact) mass is 317 g/mol. The molecule has 2 unspecified atom stereocenters. The van der Waals surface area contributed by atoms with Crippen LogP contribution in [0, 0.1) is 0 Å². The van der Waals surface area contributed by atoms with Gasteiger partial charge in [-0.3, -0.25) is 0 Å². The number of nitrogens with zero attached hydrogens (tertiary/aromatic N) is 2. The highest BCUT2D eigenvalue weighted by Crippen LogP contribution is 2.38. The molecular weight excluding hydrogens is 298 g/mol. The van der Waals surface area contributed by atoms with Crippen molar-refractivity contribution in [2.75, 3.05) is 5.32 Å². The molecule has 1 saturated carbocycles. The van der Waals surface area contributed by atoms with Crippen molar-refractivity contribution in [1.29, 1.82) is 0 Å². The maximum Gasteiger partial charge on any atom is 0.135 e. The number of aliphatic hydroxyl groups excluding tert-OH is 1. The summed E-state index contributed by atoms with van der Waals surface area (Å²) in [5, 5.41) is 14.1. The van der Waals surface area contributed by atoms with Gasteiger partial charge in [0.2, 0.25) is 0 Å². The first-order valence-electron chi connectivity index (χ1n) is 7.66. The predicted molar refractivity (Wildman–Crippen MR) is 88.1 cm³/mol. The molecule has 1 aliphatic carbocycles. The third kappa shape index (κ3) is 3.96. The van der Waals surface area contributed by atoms with E-state index in [4.69, 9.17) is 11.6 Å². The molecule has 0 spiro atoms. The normalized spacial score (nSPS) is 17.0. The van der Waals surface area contributed by atoms with Crippen molar-refractivity contribution in [3.8, 4) is 0 Å². The van der Waals surface area contributed by atoms with E-state index >= 15 is 0 Å². The van der Waals surface area contributed by atoms with E-state index in [-0.39, 0.29) is 6.04 Å². The molecule has 3 rings (SSSR count). The summed E-state index contributed by atoms with van der Waals surface area (Å²) in [6.07, 6.45) is 2.39. The second-order valence-corrected chi connectivity index (χ2v) is 6.30. The smallest absolute Gasteiger partial charge is 0.135 e. The van der Waals surface area contributed by atoms with E-state index in [9.17, 15) is 5.11 Å². The molecule has 1 aromatic carbocycles. The van der Waals surface area contributed by atoms with Gasteiger partial charge in [0.1, 0.15) is 16.8 Å². The largest absolute Gasteiger partial charge is 0.388 e. The zero-order chi connectivity index (χ0) is 15.5. The number of hydrogen-bond acceptors (Lipinski definition) is 4. The van der Waals surface area contributed by atoms with E-state index in [1.165, 1.54) is 0 Å². The first kappa shape index (κ1) is 15.3. The van der Waals surface area contributed by atoms with Crippen LogP contribution in [0.3, 0.4) is 0 Å². The van der Waals surface area contributed by atoms with Crippen LogP contribution in [0.4, 0.5) is 5.82 Å². The number of halogens is 1. The molecule has 116 valence electrons. The summed E-state index contributed by atoms with van der Waals surface area (Å²) in [6.45, 7) is 2.03. The van der Waals surface area contributed by atoms with E-state index in [1.54, 1.807) is 6.07 Å². The van der Waals surface area contributed by atoms with Gasteiger partial charge in [0.15, 0.2) is 0 Å². The van der Waals surface area contributed by atoms with E-state index in [1.807, 2.05) is 37.3 Å². The lowest BCUT2D eigenvalue weighted by Crippen LogP contribution is -2.20. The molecule has 1 fully saturated rings. The fraction of sp³-hybridized carbons (Fsp3) is 0.412. The highest BCUT2D eigenvalue weighted by atomic mass is 35.5. The lowest BCUT2D eigenvalue weighted by Gasteiger charge is -2.19. The Morgan fingerprint density at radius 2 is 2.00 bits per heavy atom. The van der Waals surface area contributed by atoms with E-state index < -0.39 is 6.10 Å². The molecule has 0 saturated heterocycles. The number of aliphatic hydroxyl groups is 1. The minimum Gasteiger partial charge on any atom is -0.388 e. The number of anilines is 1. The van der Waals surface area contributed by atoms with Crippen molar-refractivity contribution >= 4 is 17.4 Å². The van der Waals surface area contributed by atoms with Crippen molar-refractivity contribution in [3.05, 3.63) is 52.9 Å². The summed E-state index contributed by atoms with van der Waals surface area (Å²) in [7, 11) is 0. The van der Waals surface area contributed by atoms with Gasteiger partial charge < -0.3 is 10.4 Å². The minimum absolute atomic E-state index is 0.0771. The zero-order valence-corrected chi connectivity index (χ0v) is 13.3. The van der Waals surface area contributed by atoms with Crippen LogP contribution in [0.25, 0.3) is 0 Å². The van der Waals surface area contributed by atoms with Gasteiger partial charge in [-0.2, -0.15) is 0 Å². The van der Waals surface area contributed by atoms with Gasteiger partial charge in [-0.1, -0.05) is 41.9 Å². The first-order valence-corrected chi connectivity index (χ1v) is 8.03. The van der Waals surface area contributed by atoms with Crippen molar-refractivity contribution in [1.82, 2.24) is 9.97 Å². The van der Waals surface area contributed by atoms with Gasteiger partial charge in [0.25, 0.3) is 0 Å². The average molecular weight is 318 g/mol. The SMILES string of the molecule is CC(CC(O)c1ccccc1)Nc1cc(Cl)nc(C2CC2)n1. The van der Waals surface area contributed by atoms with Crippen LogP contribution in [0.5, 0.6) is 0 Å². The Kier molecular flexibility index (Phi) is 4.60. The molecular formula is C17H20ClN3O. The minimum atomic E-state index is -0.496. The van der Waals surface area contributed by atoms with Gasteiger partial charge >= 0.3 is 0 Å². The third-order valence-corrected chi connectivity index (χ3v) is 4.00. The van der Waals surface area contributed by atoms with Crippen molar-refractivity contribution in [2.24, 2.45) is 0 Å². The maximum atomic E-state index is 10.3. The summed E-state index contributed by atoms with van der Waals surface area (Å²) >= 11 is 6.07. The van der Waals surface area contributed by atoms with Crippen LogP contribution in [-0.2, 0) is 0 Å². The molecule has 0 amide bonds. The number of rotatable bonds is 6. The molecule has 22 heavy (non-hydrogen) atoms. The maximum absolute atomic E-state index is 10.3. The first-order chi connectivity index (χ1) is 10.6. The van der Waals surface area contributed by atoms with Gasteiger partial charge in [-0.25, -0.2) is 9.97 Å². The Morgan fingerprint density at radius 1 is 1.27 bits per heavy atom. The number of benzene rings is 1. The topological polar surface area (TPSA) is 58.0 Å².